The molecular weight excluding hydrogens is 715 g/mol. The number of rotatable bonds is 9. The second-order valence-corrected chi connectivity index (χ2v) is 16.5. The van der Waals surface area contributed by atoms with Gasteiger partial charge in [-0.15, -0.1) is 10.2 Å². The number of nitrogens with one attached hydrogen (secondary N) is 2. The van der Waals surface area contributed by atoms with E-state index in [1.54, 1.807) is 63.8 Å². The summed E-state index contributed by atoms with van der Waals surface area (Å²) in [4.78, 5) is 12.0. The van der Waals surface area contributed by atoms with Gasteiger partial charge in [0.05, 0.1) is 23.0 Å². The fourth-order valence-corrected chi connectivity index (χ4v) is 7.02. The van der Waals surface area contributed by atoms with E-state index in [-0.39, 0.29) is 4.90 Å². The van der Waals surface area contributed by atoms with Crippen LogP contribution in [0.2, 0.25) is 0 Å². The summed E-state index contributed by atoms with van der Waals surface area (Å²) in [5.74, 6) is 0.960. The molecule has 0 spiro atoms. The molecule has 1 fully saturated rings. The van der Waals surface area contributed by atoms with Crippen molar-refractivity contribution in [1.82, 2.24) is 34.1 Å². The fraction of sp³-hybridized carbons (Fsp3) is 0.189. The first-order chi connectivity index (χ1) is 25.5. The third-order valence-corrected chi connectivity index (χ3v) is 10.7. The Bertz CT molecular complexity index is 2550. The lowest BCUT2D eigenvalue weighted by molar-refractivity contribution is 0.0342. The SMILES string of the molecule is CS(=O)(=O)c1ccc(-c2cccn3nc(Nc4cccc(CN5CCOCC5)c4)nc23)cc1.CS(=O)(=O)c1ccc(Nc2nc3ccccn3n2)cc1. The van der Waals surface area contributed by atoms with Crippen LogP contribution < -0.4 is 10.6 Å². The zero-order valence-corrected chi connectivity index (χ0v) is 30.6. The number of hydrogen-bond acceptors (Lipinski definition) is 12. The number of aromatic nitrogens is 6. The van der Waals surface area contributed by atoms with Crippen LogP contribution in [0, 0.1) is 0 Å². The van der Waals surface area contributed by atoms with E-state index in [2.05, 4.69) is 42.8 Å². The molecule has 53 heavy (non-hydrogen) atoms. The molecule has 0 radical (unpaired) electrons. The molecule has 3 aromatic carbocycles. The molecule has 1 aliphatic heterocycles. The molecular formula is C37H37N9O5S2. The van der Waals surface area contributed by atoms with Gasteiger partial charge in [-0.2, -0.15) is 9.97 Å². The summed E-state index contributed by atoms with van der Waals surface area (Å²) in [6, 6.07) is 31.0. The number of anilines is 4. The number of morpholine rings is 1. The summed E-state index contributed by atoms with van der Waals surface area (Å²) >= 11 is 0. The minimum Gasteiger partial charge on any atom is -0.379 e. The molecule has 5 heterocycles. The number of hydrogen-bond donors (Lipinski definition) is 2. The summed E-state index contributed by atoms with van der Waals surface area (Å²) in [5, 5.41) is 15.2. The van der Waals surface area contributed by atoms with Crippen LogP contribution in [-0.4, -0.2) is 89.7 Å². The number of nitrogens with zero attached hydrogens (tertiary/aromatic N) is 7. The Morgan fingerprint density at radius 3 is 2.00 bits per heavy atom. The van der Waals surface area contributed by atoms with E-state index in [9.17, 15) is 16.8 Å². The largest absolute Gasteiger partial charge is 0.379 e. The lowest BCUT2D eigenvalue weighted by atomic mass is 10.1. The number of fused-ring (bicyclic) bond motifs is 2. The number of sulfone groups is 2. The second kappa shape index (κ2) is 15.1. The van der Waals surface area contributed by atoms with Gasteiger partial charge in [-0.3, -0.25) is 4.90 Å². The second-order valence-electron chi connectivity index (χ2n) is 12.5. The Labute approximate surface area is 306 Å². The maximum absolute atomic E-state index is 11.8. The van der Waals surface area contributed by atoms with E-state index in [1.807, 2.05) is 48.7 Å². The minimum atomic E-state index is -3.24. The Morgan fingerprint density at radius 1 is 0.660 bits per heavy atom. The zero-order chi connectivity index (χ0) is 37.0. The van der Waals surface area contributed by atoms with E-state index >= 15 is 0 Å². The van der Waals surface area contributed by atoms with Gasteiger partial charge in [-0.05, 0) is 83.9 Å². The van der Waals surface area contributed by atoms with Crippen molar-refractivity contribution in [3.05, 3.63) is 121 Å². The Kier molecular flexibility index (Phi) is 10.2. The van der Waals surface area contributed by atoms with Gasteiger partial charge in [0, 0.05) is 61.5 Å². The smallest absolute Gasteiger partial charge is 0.247 e. The van der Waals surface area contributed by atoms with E-state index in [0.717, 1.165) is 61.0 Å². The maximum atomic E-state index is 11.8. The minimum absolute atomic E-state index is 0.283. The lowest BCUT2D eigenvalue weighted by Gasteiger charge is -2.26. The third kappa shape index (κ3) is 8.86. The Balaban J connectivity index is 0.000000186. The first-order valence-electron chi connectivity index (χ1n) is 16.7. The number of pyridine rings is 2. The van der Waals surface area contributed by atoms with Crippen LogP contribution in [-0.2, 0) is 31.0 Å². The Hall–Kier alpha value is -5.68. The van der Waals surface area contributed by atoms with Crippen molar-refractivity contribution in [2.45, 2.75) is 16.3 Å². The van der Waals surface area contributed by atoms with Crippen molar-refractivity contribution < 1.29 is 21.6 Å². The molecule has 0 amide bonds. The maximum Gasteiger partial charge on any atom is 0.247 e. The molecule has 4 aromatic heterocycles. The highest BCUT2D eigenvalue weighted by molar-refractivity contribution is 7.91. The van der Waals surface area contributed by atoms with Crippen molar-refractivity contribution in [1.29, 1.82) is 0 Å². The molecule has 16 heteroatoms. The molecule has 0 aliphatic carbocycles. The predicted octanol–water partition coefficient (Wildman–Crippen LogP) is 5.25. The van der Waals surface area contributed by atoms with Crippen molar-refractivity contribution in [2.24, 2.45) is 0 Å². The van der Waals surface area contributed by atoms with Gasteiger partial charge in [-0.1, -0.05) is 30.3 Å². The van der Waals surface area contributed by atoms with Crippen molar-refractivity contribution in [2.75, 3.05) is 49.4 Å². The standard InChI is InChI=1S/C24H25N5O3S.C13H12N4O2S/c1-33(30,31)21-9-7-19(8-10-21)22-6-3-11-29-23(22)26-24(27-29)25-20-5-2-4-18(16-20)17-28-12-14-32-15-13-28;1-20(18,19)11-7-5-10(6-8-11)14-13-15-12-4-2-3-9-17(12)16-13/h2-11,16H,12-15,17H2,1H3,(H,25,27);2-9H,1H3,(H,14,16). The van der Waals surface area contributed by atoms with Crippen LogP contribution >= 0.6 is 0 Å². The first-order valence-corrected chi connectivity index (χ1v) is 20.5. The molecule has 1 aliphatic rings. The molecule has 0 atom stereocenters. The van der Waals surface area contributed by atoms with Gasteiger partial charge in [0.15, 0.2) is 31.0 Å². The summed E-state index contributed by atoms with van der Waals surface area (Å²) in [6.07, 6.45) is 6.03. The van der Waals surface area contributed by atoms with Gasteiger partial charge in [0.1, 0.15) is 0 Å². The highest BCUT2D eigenvalue weighted by Gasteiger charge is 2.14. The van der Waals surface area contributed by atoms with Crippen molar-refractivity contribution in [3.8, 4) is 11.1 Å². The summed E-state index contributed by atoms with van der Waals surface area (Å²) < 4.78 is 55.1. The lowest BCUT2D eigenvalue weighted by Crippen LogP contribution is -2.35. The summed E-state index contributed by atoms with van der Waals surface area (Å²) in [5.41, 5.74) is 6.05. The van der Waals surface area contributed by atoms with Crippen LogP contribution in [0.1, 0.15) is 5.56 Å². The number of benzene rings is 3. The fourth-order valence-electron chi connectivity index (χ4n) is 5.76. The molecule has 14 nitrogen and oxygen atoms in total. The van der Waals surface area contributed by atoms with Gasteiger partial charge >= 0.3 is 0 Å². The highest BCUT2D eigenvalue weighted by Crippen LogP contribution is 2.27. The average Bonchev–Trinajstić information content (AvgIpc) is 3.75. The van der Waals surface area contributed by atoms with Gasteiger partial charge < -0.3 is 15.4 Å². The summed E-state index contributed by atoms with van der Waals surface area (Å²) in [6.45, 7) is 4.33. The molecule has 0 bridgehead atoms. The Morgan fingerprint density at radius 2 is 1.30 bits per heavy atom. The van der Waals surface area contributed by atoms with E-state index in [0.29, 0.717) is 22.4 Å². The molecule has 1 saturated heterocycles. The van der Waals surface area contributed by atoms with Crippen LogP contribution in [0.4, 0.5) is 23.3 Å². The third-order valence-electron chi connectivity index (χ3n) is 8.43. The monoisotopic (exact) mass is 751 g/mol. The molecule has 7 aromatic rings. The molecule has 0 unspecified atom stereocenters. The quantitative estimate of drug-likeness (QED) is 0.197. The molecule has 2 N–H and O–H groups in total. The van der Waals surface area contributed by atoms with Gasteiger partial charge in [-0.25, -0.2) is 25.9 Å². The van der Waals surface area contributed by atoms with Crippen molar-refractivity contribution >= 4 is 54.2 Å². The average molecular weight is 752 g/mol. The van der Waals surface area contributed by atoms with Crippen LogP contribution in [0.25, 0.3) is 22.4 Å². The first kappa shape index (κ1) is 35.7. The normalized spacial score (nSPS) is 13.8. The highest BCUT2D eigenvalue weighted by atomic mass is 32.2. The summed E-state index contributed by atoms with van der Waals surface area (Å²) in [7, 11) is -6.42. The van der Waals surface area contributed by atoms with E-state index in [1.165, 1.54) is 18.1 Å². The molecule has 272 valence electrons. The zero-order valence-electron chi connectivity index (χ0n) is 29.0. The van der Waals surface area contributed by atoms with E-state index < -0.39 is 19.7 Å². The topological polar surface area (TPSA) is 165 Å². The molecule has 8 rings (SSSR count). The number of ether oxygens (including phenoxy) is 1. The van der Waals surface area contributed by atoms with Crippen LogP contribution in [0.15, 0.2) is 125 Å². The van der Waals surface area contributed by atoms with Gasteiger partial charge in [0.2, 0.25) is 11.9 Å². The predicted molar refractivity (Wildman–Crippen MR) is 203 cm³/mol. The van der Waals surface area contributed by atoms with Crippen LogP contribution in [0.3, 0.4) is 0 Å². The van der Waals surface area contributed by atoms with E-state index in [4.69, 9.17) is 9.72 Å². The van der Waals surface area contributed by atoms with Gasteiger partial charge in [0.25, 0.3) is 0 Å². The van der Waals surface area contributed by atoms with Crippen molar-refractivity contribution in [3.63, 3.8) is 0 Å². The molecule has 0 saturated carbocycles. The van der Waals surface area contributed by atoms with Crippen LogP contribution in [0.5, 0.6) is 0 Å².